The lowest BCUT2D eigenvalue weighted by atomic mass is 10.1. The molecule has 0 radical (unpaired) electrons. The fourth-order valence-electron chi connectivity index (χ4n) is 3.17. The van der Waals surface area contributed by atoms with Gasteiger partial charge in [-0.15, -0.1) is 11.3 Å². The Labute approximate surface area is 175 Å². The van der Waals surface area contributed by atoms with Gasteiger partial charge in [-0.3, -0.25) is 19.7 Å². The second kappa shape index (κ2) is 8.15. The number of nitrogens with zero attached hydrogens (tertiary/aromatic N) is 2. The molecule has 1 N–H and O–H groups in total. The lowest BCUT2D eigenvalue weighted by Gasteiger charge is -2.12. The van der Waals surface area contributed by atoms with Crippen LogP contribution in [-0.2, 0) is 22.5 Å². The van der Waals surface area contributed by atoms with E-state index in [1.165, 1.54) is 17.5 Å². The van der Waals surface area contributed by atoms with E-state index in [1.807, 2.05) is 11.5 Å². The van der Waals surface area contributed by atoms with Gasteiger partial charge in [-0.2, -0.15) is 0 Å². The molecule has 0 atom stereocenters. The summed E-state index contributed by atoms with van der Waals surface area (Å²) in [6.07, 6.45) is 1.54. The minimum absolute atomic E-state index is 0.00893. The number of benzene rings is 1. The number of anilines is 1. The molecule has 0 fully saturated rings. The van der Waals surface area contributed by atoms with Crippen LogP contribution >= 0.6 is 11.3 Å². The van der Waals surface area contributed by atoms with Crippen molar-refractivity contribution in [3.05, 3.63) is 45.2 Å². The van der Waals surface area contributed by atoms with E-state index >= 15 is 0 Å². The highest BCUT2D eigenvalue weighted by atomic mass is 32.1. The monoisotopic (exact) mass is 429 g/mol. The second-order valence-corrected chi connectivity index (χ2v) is 7.32. The van der Waals surface area contributed by atoms with Crippen LogP contribution in [0, 0.1) is 0 Å². The number of ether oxygens (including phenoxy) is 3. The van der Waals surface area contributed by atoms with Crippen LogP contribution in [0.5, 0.6) is 11.5 Å². The number of aryl methyl sites for hydroxylation is 1. The van der Waals surface area contributed by atoms with Gasteiger partial charge in [0.2, 0.25) is 12.2 Å². The molecule has 1 amide bonds. The van der Waals surface area contributed by atoms with Gasteiger partial charge >= 0.3 is 5.97 Å². The predicted octanol–water partition coefficient (Wildman–Crippen LogP) is 2.56. The molecule has 0 aliphatic carbocycles. The summed E-state index contributed by atoms with van der Waals surface area (Å²) in [4.78, 5) is 41.6. The second-order valence-electron chi connectivity index (χ2n) is 6.46. The Morgan fingerprint density at radius 2 is 2.03 bits per heavy atom. The lowest BCUT2D eigenvalue weighted by molar-refractivity contribution is -0.142. The number of pyridine rings is 1. The standard InChI is InChI=1S/C20H19N3O6S/c1-3-23-8-13(18(25)12-6-15-16(7-14(12)23)29-10-28-15)19(26)22-20-21-11(9-30-20)5-17(24)27-4-2/h6-9H,3-5,10H2,1-2H3,(H,21,22,26). The normalized spacial score (nSPS) is 12.2. The van der Waals surface area contributed by atoms with E-state index in [2.05, 4.69) is 10.3 Å². The minimum Gasteiger partial charge on any atom is -0.466 e. The van der Waals surface area contributed by atoms with Crippen molar-refractivity contribution in [2.75, 3.05) is 18.7 Å². The Hall–Kier alpha value is -3.40. The molecule has 0 spiro atoms. The van der Waals surface area contributed by atoms with Crippen molar-refractivity contribution >= 4 is 39.2 Å². The van der Waals surface area contributed by atoms with E-state index in [4.69, 9.17) is 14.2 Å². The summed E-state index contributed by atoms with van der Waals surface area (Å²) in [5, 5.41) is 4.97. The van der Waals surface area contributed by atoms with Gasteiger partial charge in [-0.25, -0.2) is 4.98 Å². The average molecular weight is 429 g/mol. The SMILES string of the molecule is CCOC(=O)Cc1csc(NC(=O)c2cn(CC)c3cc4c(cc3c2=O)OCO4)n1. The number of hydrogen-bond acceptors (Lipinski definition) is 8. The van der Waals surface area contributed by atoms with Crippen LogP contribution in [-0.4, -0.2) is 34.8 Å². The topological polar surface area (TPSA) is 109 Å². The number of carbonyl (C=O) groups excluding carboxylic acids is 2. The van der Waals surface area contributed by atoms with Crippen LogP contribution in [0.2, 0.25) is 0 Å². The molecule has 1 aliphatic heterocycles. The number of rotatable bonds is 6. The molecule has 10 heteroatoms. The van der Waals surface area contributed by atoms with E-state index in [0.29, 0.717) is 46.4 Å². The molecule has 9 nitrogen and oxygen atoms in total. The zero-order valence-electron chi connectivity index (χ0n) is 16.4. The zero-order valence-corrected chi connectivity index (χ0v) is 17.2. The van der Waals surface area contributed by atoms with Crippen molar-refractivity contribution in [1.82, 2.24) is 9.55 Å². The molecule has 1 aliphatic rings. The van der Waals surface area contributed by atoms with E-state index in [1.54, 1.807) is 24.4 Å². The van der Waals surface area contributed by atoms with Crippen molar-refractivity contribution < 1.29 is 23.8 Å². The van der Waals surface area contributed by atoms with E-state index < -0.39 is 11.3 Å². The summed E-state index contributed by atoms with van der Waals surface area (Å²) in [6.45, 7) is 4.58. The number of thiazole rings is 1. The zero-order chi connectivity index (χ0) is 21.3. The van der Waals surface area contributed by atoms with E-state index in [-0.39, 0.29) is 24.7 Å². The molecule has 4 rings (SSSR count). The molecule has 3 heterocycles. The van der Waals surface area contributed by atoms with Crippen molar-refractivity contribution in [2.45, 2.75) is 26.8 Å². The first-order valence-electron chi connectivity index (χ1n) is 9.38. The van der Waals surface area contributed by atoms with Gasteiger partial charge in [0.25, 0.3) is 5.91 Å². The van der Waals surface area contributed by atoms with Gasteiger partial charge in [0.15, 0.2) is 16.6 Å². The van der Waals surface area contributed by atoms with Crippen LogP contribution < -0.4 is 20.2 Å². The summed E-state index contributed by atoms with van der Waals surface area (Å²) in [6, 6.07) is 3.34. The van der Waals surface area contributed by atoms with Crippen LogP contribution in [0.25, 0.3) is 10.9 Å². The summed E-state index contributed by atoms with van der Waals surface area (Å²) >= 11 is 1.17. The Balaban J connectivity index is 1.63. The maximum absolute atomic E-state index is 13.0. The highest BCUT2D eigenvalue weighted by Gasteiger charge is 2.21. The third-order valence-corrected chi connectivity index (χ3v) is 5.37. The summed E-state index contributed by atoms with van der Waals surface area (Å²) in [5.41, 5.74) is 0.736. The highest BCUT2D eigenvalue weighted by Crippen LogP contribution is 2.35. The smallest absolute Gasteiger partial charge is 0.311 e. The quantitative estimate of drug-likeness (QED) is 0.600. The number of hydrogen-bond donors (Lipinski definition) is 1. The Morgan fingerprint density at radius 3 is 2.77 bits per heavy atom. The molecule has 3 aromatic rings. The molecular weight excluding hydrogens is 410 g/mol. The molecule has 156 valence electrons. The highest BCUT2D eigenvalue weighted by molar-refractivity contribution is 7.14. The summed E-state index contributed by atoms with van der Waals surface area (Å²) in [5.74, 6) is 0.0835. The Morgan fingerprint density at radius 1 is 1.27 bits per heavy atom. The fourth-order valence-corrected chi connectivity index (χ4v) is 3.88. The number of fused-ring (bicyclic) bond motifs is 2. The summed E-state index contributed by atoms with van der Waals surface area (Å²) < 4.78 is 17.5. The van der Waals surface area contributed by atoms with E-state index in [0.717, 1.165) is 0 Å². The number of amides is 1. The molecule has 0 saturated heterocycles. The van der Waals surface area contributed by atoms with E-state index in [9.17, 15) is 14.4 Å². The molecule has 2 aromatic heterocycles. The molecule has 0 saturated carbocycles. The van der Waals surface area contributed by atoms with Crippen molar-refractivity contribution in [3.8, 4) is 11.5 Å². The van der Waals surface area contributed by atoms with Crippen LogP contribution in [0.4, 0.5) is 5.13 Å². The van der Waals surface area contributed by atoms with Crippen molar-refractivity contribution in [1.29, 1.82) is 0 Å². The van der Waals surface area contributed by atoms with Gasteiger partial charge in [-0.05, 0) is 19.9 Å². The Bertz CT molecular complexity index is 1200. The van der Waals surface area contributed by atoms with Gasteiger partial charge in [0.05, 0.1) is 29.6 Å². The molecule has 0 bridgehead atoms. The molecule has 1 aromatic carbocycles. The van der Waals surface area contributed by atoms with Gasteiger partial charge < -0.3 is 18.8 Å². The third kappa shape index (κ3) is 3.73. The predicted molar refractivity (Wildman–Crippen MR) is 110 cm³/mol. The molecule has 30 heavy (non-hydrogen) atoms. The minimum atomic E-state index is -0.571. The number of esters is 1. The first-order chi connectivity index (χ1) is 14.5. The molecular formula is C20H19N3O6S. The van der Waals surface area contributed by atoms with Crippen molar-refractivity contribution in [3.63, 3.8) is 0 Å². The van der Waals surface area contributed by atoms with Gasteiger partial charge in [-0.1, -0.05) is 0 Å². The first kappa shape index (κ1) is 19.9. The fraction of sp³-hybridized carbons (Fsp3) is 0.300. The number of nitrogens with one attached hydrogen (secondary N) is 1. The maximum atomic E-state index is 13.0. The first-order valence-corrected chi connectivity index (χ1v) is 10.3. The van der Waals surface area contributed by atoms with Crippen LogP contribution in [0.3, 0.4) is 0 Å². The van der Waals surface area contributed by atoms with Crippen LogP contribution in [0.1, 0.15) is 29.9 Å². The molecule has 0 unspecified atom stereocenters. The largest absolute Gasteiger partial charge is 0.466 e. The average Bonchev–Trinajstić information content (AvgIpc) is 3.36. The van der Waals surface area contributed by atoms with Gasteiger partial charge in [0, 0.05) is 24.2 Å². The number of carbonyl (C=O) groups is 2. The number of aromatic nitrogens is 2. The maximum Gasteiger partial charge on any atom is 0.311 e. The lowest BCUT2D eigenvalue weighted by Crippen LogP contribution is -2.24. The van der Waals surface area contributed by atoms with Crippen LogP contribution in [0.15, 0.2) is 28.5 Å². The Kier molecular flexibility index (Phi) is 5.40. The third-order valence-electron chi connectivity index (χ3n) is 4.56. The van der Waals surface area contributed by atoms with Gasteiger partial charge in [0.1, 0.15) is 5.56 Å². The van der Waals surface area contributed by atoms with Crippen molar-refractivity contribution in [2.24, 2.45) is 0 Å². The summed E-state index contributed by atoms with van der Waals surface area (Å²) in [7, 11) is 0.